The number of pyridine rings is 1. The van der Waals surface area contributed by atoms with E-state index in [0.29, 0.717) is 5.69 Å². The second kappa shape index (κ2) is 5.05. The number of carbonyl (C=O) groups is 1. The first kappa shape index (κ1) is 12.8. The minimum Gasteiger partial charge on any atom is -0.388 e. The SMILES string of the molecule is O=C(NCC1(O)CCC1)c1cc(-n2cccn2)ccn1. The maximum atomic E-state index is 12.0. The smallest absolute Gasteiger partial charge is 0.270 e. The summed E-state index contributed by atoms with van der Waals surface area (Å²) in [5.74, 6) is -0.278. The lowest BCUT2D eigenvalue weighted by molar-refractivity contribution is -0.0300. The van der Waals surface area contributed by atoms with Crippen LogP contribution in [0.4, 0.5) is 0 Å². The van der Waals surface area contributed by atoms with E-state index in [9.17, 15) is 9.90 Å². The van der Waals surface area contributed by atoms with Crippen LogP contribution in [0.25, 0.3) is 5.69 Å². The first-order chi connectivity index (χ1) is 9.66. The van der Waals surface area contributed by atoms with Crippen LogP contribution >= 0.6 is 0 Å². The summed E-state index contributed by atoms with van der Waals surface area (Å²) >= 11 is 0. The van der Waals surface area contributed by atoms with Gasteiger partial charge >= 0.3 is 0 Å². The quantitative estimate of drug-likeness (QED) is 0.867. The lowest BCUT2D eigenvalue weighted by atomic mass is 9.80. The number of hydrogen-bond acceptors (Lipinski definition) is 4. The Kier molecular flexibility index (Phi) is 3.23. The van der Waals surface area contributed by atoms with Crippen LogP contribution in [-0.4, -0.2) is 37.9 Å². The van der Waals surface area contributed by atoms with E-state index in [0.717, 1.165) is 24.9 Å². The summed E-state index contributed by atoms with van der Waals surface area (Å²) in [7, 11) is 0. The van der Waals surface area contributed by atoms with Gasteiger partial charge in [-0.25, -0.2) is 4.68 Å². The fourth-order valence-corrected chi connectivity index (χ4v) is 2.20. The first-order valence-corrected chi connectivity index (χ1v) is 6.63. The predicted molar refractivity (Wildman–Crippen MR) is 72.5 cm³/mol. The van der Waals surface area contributed by atoms with Crippen LogP contribution in [-0.2, 0) is 0 Å². The van der Waals surface area contributed by atoms with Crippen molar-refractivity contribution in [2.45, 2.75) is 24.9 Å². The molecule has 0 saturated heterocycles. The van der Waals surface area contributed by atoms with Crippen LogP contribution in [0.15, 0.2) is 36.8 Å². The van der Waals surface area contributed by atoms with E-state index >= 15 is 0 Å². The van der Waals surface area contributed by atoms with Crippen LogP contribution in [0.3, 0.4) is 0 Å². The molecule has 0 bridgehead atoms. The van der Waals surface area contributed by atoms with Crippen molar-refractivity contribution >= 4 is 5.91 Å². The van der Waals surface area contributed by atoms with Crippen LogP contribution < -0.4 is 5.32 Å². The van der Waals surface area contributed by atoms with E-state index in [-0.39, 0.29) is 12.5 Å². The van der Waals surface area contributed by atoms with Crippen molar-refractivity contribution < 1.29 is 9.90 Å². The van der Waals surface area contributed by atoms with Crippen LogP contribution in [0.2, 0.25) is 0 Å². The van der Waals surface area contributed by atoms with E-state index in [1.165, 1.54) is 0 Å². The van der Waals surface area contributed by atoms with E-state index in [1.807, 2.05) is 6.07 Å². The van der Waals surface area contributed by atoms with Gasteiger partial charge in [0.05, 0.1) is 11.3 Å². The highest BCUT2D eigenvalue weighted by molar-refractivity contribution is 5.92. The number of carbonyl (C=O) groups excluding carboxylic acids is 1. The number of aliphatic hydroxyl groups is 1. The molecule has 1 saturated carbocycles. The molecule has 2 N–H and O–H groups in total. The van der Waals surface area contributed by atoms with Gasteiger partial charge in [-0.1, -0.05) is 0 Å². The average Bonchev–Trinajstić information content (AvgIpc) is 2.97. The molecule has 2 aromatic rings. The molecule has 1 fully saturated rings. The standard InChI is InChI=1S/C14H16N4O2/c19-13(16-10-14(20)4-1-5-14)12-9-11(3-7-15-12)18-8-2-6-17-18/h2-3,6-9,20H,1,4-5,10H2,(H,16,19). The molecule has 0 unspecified atom stereocenters. The summed E-state index contributed by atoms with van der Waals surface area (Å²) in [6.45, 7) is 0.277. The summed E-state index contributed by atoms with van der Waals surface area (Å²) in [5, 5.41) is 16.8. The zero-order valence-corrected chi connectivity index (χ0v) is 11.0. The van der Waals surface area contributed by atoms with E-state index in [4.69, 9.17) is 0 Å². The fraction of sp³-hybridized carbons (Fsp3) is 0.357. The second-order valence-corrected chi connectivity index (χ2v) is 5.11. The Hall–Kier alpha value is -2.21. The maximum absolute atomic E-state index is 12.0. The van der Waals surface area contributed by atoms with E-state index in [2.05, 4.69) is 15.4 Å². The van der Waals surface area contributed by atoms with Gasteiger partial charge in [0.2, 0.25) is 0 Å². The number of aromatic nitrogens is 3. The van der Waals surface area contributed by atoms with Crippen LogP contribution in [0.5, 0.6) is 0 Å². The second-order valence-electron chi connectivity index (χ2n) is 5.11. The molecule has 20 heavy (non-hydrogen) atoms. The molecule has 3 rings (SSSR count). The van der Waals surface area contributed by atoms with Crippen LogP contribution in [0, 0.1) is 0 Å². The summed E-state index contributed by atoms with van der Waals surface area (Å²) in [6.07, 6.45) is 7.55. The molecule has 0 spiro atoms. The first-order valence-electron chi connectivity index (χ1n) is 6.63. The highest BCUT2D eigenvalue weighted by atomic mass is 16.3. The number of amides is 1. The molecule has 1 amide bonds. The third kappa shape index (κ3) is 2.55. The molecule has 1 aliphatic carbocycles. The van der Waals surface area contributed by atoms with Crippen molar-refractivity contribution in [3.63, 3.8) is 0 Å². The van der Waals surface area contributed by atoms with Gasteiger partial charge in [0.15, 0.2) is 0 Å². The normalized spacial score (nSPS) is 16.4. The lowest BCUT2D eigenvalue weighted by Crippen LogP contribution is -2.47. The zero-order chi connectivity index (χ0) is 14.0. The molecular formula is C14H16N4O2. The number of nitrogens with zero attached hydrogens (tertiary/aromatic N) is 3. The molecule has 0 radical (unpaired) electrons. The Morgan fingerprint density at radius 2 is 2.30 bits per heavy atom. The molecule has 104 valence electrons. The van der Waals surface area contributed by atoms with Crippen molar-refractivity contribution in [1.29, 1.82) is 0 Å². The molecular weight excluding hydrogens is 256 g/mol. The van der Waals surface area contributed by atoms with E-state index < -0.39 is 5.60 Å². The summed E-state index contributed by atoms with van der Waals surface area (Å²) < 4.78 is 1.66. The molecule has 0 atom stereocenters. The summed E-state index contributed by atoms with van der Waals surface area (Å²) in [4.78, 5) is 16.1. The predicted octanol–water partition coefficient (Wildman–Crippen LogP) is 0.912. The summed E-state index contributed by atoms with van der Waals surface area (Å²) in [6, 6.07) is 5.27. The van der Waals surface area contributed by atoms with E-state index in [1.54, 1.807) is 35.4 Å². The van der Waals surface area contributed by atoms with Gasteiger partial charge in [-0.3, -0.25) is 9.78 Å². The van der Waals surface area contributed by atoms with Gasteiger partial charge in [-0.15, -0.1) is 0 Å². The molecule has 0 aromatic carbocycles. The highest BCUT2D eigenvalue weighted by Gasteiger charge is 2.34. The molecule has 6 nitrogen and oxygen atoms in total. The Morgan fingerprint density at radius 3 is 2.95 bits per heavy atom. The molecule has 0 aliphatic heterocycles. The fourth-order valence-electron chi connectivity index (χ4n) is 2.20. The number of rotatable bonds is 4. The molecule has 6 heteroatoms. The summed E-state index contributed by atoms with van der Waals surface area (Å²) in [5.41, 5.74) is 0.369. The monoisotopic (exact) mass is 272 g/mol. The minimum absolute atomic E-state index is 0.277. The van der Waals surface area contributed by atoms with Gasteiger partial charge < -0.3 is 10.4 Å². The molecule has 2 aromatic heterocycles. The Labute approximate surface area is 116 Å². The average molecular weight is 272 g/mol. The number of nitrogens with one attached hydrogen (secondary N) is 1. The van der Waals surface area contributed by atoms with Crippen molar-refractivity contribution in [3.05, 3.63) is 42.5 Å². The minimum atomic E-state index is -0.727. The van der Waals surface area contributed by atoms with Gasteiger partial charge in [0, 0.05) is 25.1 Å². The van der Waals surface area contributed by atoms with Crippen molar-refractivity contribution in [1.82, 2.24) is 20.1 Å². The van der Waals surface area contributed by atoms with Crippen molar-refractivity contribution in [2.75, 3.05) is 6.54 Å². The number of hydrogen-bond donors (Lipinski definition) is 2. The largest absolute Gasteiger partial charge is 0.388 e. The Morgan fingerprint density at radius 1 is 1.45 bits per heavy atom. The third-order valence-electron chi connectivity index (χ3n) is 3.61. The highest BCUT2D eigenvalue weighted by Crippen LogP contribution is 2.30. The van der Waals surface area contributed by atoms with Gasteiger partial charge in [0.25, 0.3) is 5.91 Å². The maximum Gasteiger partial charge on any atom is 0.270 e. The van der Waals surface area contributed by atoms with Gasteiger partial charge in [-0.2, -0.15) is 5.10 Å². The Balaban J connectivity index is 1.70. The lowest BCUT2D eigenvalue weighted by Gasteiger charge is -2.36. The third-order valence-corrected chi connectivity index (χ3v) is 3.61. The van der Waals surface area contributed by atoms with Gasteiger partial charge in [-0.05, 0) is 37.5 Å². The van der Waals surface area contributed by atoms with Crippen molar-refractivity contribution in [2.24, 2.45) is 0 Å². The van der Waals surface area contributed by atoms with Crippen molar-refractivity contribution in [3.8, 4) is 5.69 Å². The topological polar surface area (TPSA) is 80.0 Å². The molecule has 2 heterocycles. The molecule has 1 aliphatic rings. The Bertz CT molecular complexity index is 605. The van der Waals surface area contributed by atoms with Crippen LogP contribution in [0.1, 0.15) is 29.8 Å². The zero-order valence-electron chi connectivity index (χ0n) is 11.0. The van der Waals surface area contributed by atoms with Gasteiger partial charge in [0.1, 0.15) is 5.69 Å².